The second-order valence-corrected chi connectivity index (χ2v) is 6.54. The van der Waals surface area contributed by atoms with Crippen molar-refractivity contribution in [2.24, 2.45) is 0 Å². The Morgan fingerprint density at radius 3 is 2.85 bits per heavy atom. The Kier molecular flexibility index (Phi) is 6.89. The Morgan fingerprint density at radius 2 is 2.04 bits per heavy atom. The molecule has 0 aliphatic carbocycles. The Balaban J connectivity index is 1.53. The van der Waals surface area contributed by atoms with Crippen LogP contribution in [0.4, 0.5) is 0 Å². The normalized spacial score (nSPS) is 15.8. The summed E-state index contributed by atoms with van der Waals surface area (Å²) < 4.78 is 16.5. The highest BCUT2D eigenvalue weighted by Gasteiger charge is 2.17. The topological polar surface area (TPSA) is 51.2 Å². The van der Waals surface area contributed by atoms with E-state index in [-0.39, 0.29) is 6.61 Å². The predicted octanol–water partition coefficient (Wildman–Crippen LogP) is 2.51. The quantitative estimate of drug-likeness (QED) is 0.747. The van der Waals surface area contributed by atoms with Crippen molar-refractivity contribution in [2.45, 2.75) is 18.9 Å². The maximum absolute atomic E-state index is 10.2. The van der Waals surface area contributed by atoms with Crippen LogP contribution in [0.5, 0.6) is 11.5 Å². The van der Waals surface area contributed by atoms with E-state index < -0.39 is 6.10 Å². The fourth-order valence-corrected chi connectivity index (χ4v) is 3.09. The van der Waals surface area contributed by atoms with E-state index in [1.807, 2.05) is 30.3 Å². The van der Waals surface area contributed by atoms with E-state index in [0.717, 1.165) is 43.1 Å². The number of ether oxygens (including phenoxy) is 3. The molecule has 140 valence electrons. The molecule has 0 radical (unpaired) electrons. The summed E-state index contributed by atoms with van der Waals surface area (Å²) in [5.41, 5.74) is 2.38. The van der Waals surface area contributed by atoms with Crippen LogP contribution in [0.15, 0.2) is 48.5 Å². The molecule has 2 aromatic carbocycles. The summed E-state index contributed by atoms with van der Waals surface area (Å²) in [4.78, 5) is 2.09. The van der Waals surface area contributed by atoms with Crippen LogP contribution in [-0.2, 0) is 17.6 Å². The van der Waals surface area contributed by atoms with Gasteiger partial charge in [0.2, 0.25) is 0 Å². The van der Waals surface area contributed by atoms with Gasteiger partial charge in [-0.05, 0) is 42.2 Å². The maximum Gasteiger partial charge on any atom is 0.122 e. The molecule has 2 aromatic rings. The van der Waals surface area contributed by atoms with Gasteiger partial charge in [0.15, 0.2) is 0 Å². The highest BCUT2D eigenvalue weighted by molar-refractivity contribution is 5.35. The number of methoxy groups -OCH3 is 1. The standard InChI is InChI=1S/C21H27NO4/c1-24-20-7-4-5-17(13-20)9-10-18-6-2-3-8-21(18)26-15-19(23)14-22-11-12-25-16-22/h2-8,13,19,23H,9-12,14-16H2,1H3/t19-/m1/s1. The van der Waals surface area contributed by atoms with E-state index in [0.29, 0.717) is 13.3 Å². The zero-order chi connectivity index (χ0) is 18.2. The van der Waals surface area contributed by atoms with Crippen LogP contribution in [0.25, 0.3) is 0 Å². The third-order valence-electron chi connectivity index (χ3n) is 4.52. The van der Waals surface area contributed by atoms with Crippen LogP contribution in [0, 0.1) is 0 Å². The number of hydrogen-bond acceptors (Lipinski definition) is 5. The van der Waals surface area contributed by atoms with E-state index in [4.69, 9.17) is 14.2 Å². The molecule has 26 heavy (non-hydrogen) atoms. The van der Waals surface area contributed by atoms with Crippen molar-refractivity contribution >= 4 is 0 Å². The van der Waals surface area contributed by atoms with Crippen molar-refractivity contribution < 1.29 is 19.3 Å². The average molecular weight is 357 g/mol. The molecule has 3 rings (SSSR count). The molecule has 1 fully saturated rings. The lowest BCUT2D eigenvalue weighted by Gasteiger charge is -2.19. The van der Waals surface area contributed by atoms with Gasteiger partial charge in [0.05, 0.1) is 20.4 Å². The molecule has 1 aliphatic heterocycles. The van der Waals surface area contributed by atoms with E-state index in [1.54, 1.807) is 7.11 Å². The van der Waals surface area contributed by atoms with Gasteiger partial charge in [-0.25, -0.2) is 0 Å². The van der Waals surface area contributed by atoms with E-state index in [1.165, 1.54) is 5.56 Å². The lowest BCUT2D eigenvalue weighted by Crippen LogP contribution is -2.34. The summed E-state index contributed by atoms with van der Waals surface area (Å²) in [6.07, 6.45) is 1.26. The summed E-state index contributed by atoms with van der Waals surface area (Å²) in [7, 11) is 1.68. The number of para-hydroxylation sites is 1. The number of nitrogens with zero attached hydrogens (tertiary/aromatic N) is 1. The van der Waals surface area contributed by atoms with Crippen LogP contribution in [-0.4, -0.2) is 56.3 Å². The minimum absolute atomic E-state index is 0.284. The van der Waals surface area contributed by atoms with Gasteiger partial charge < -0.3 is 19.3 Å². The molecule has 0 amide bonds. The highest BCUT2D eigenvalue weighted by atomic mass is 16.5. The maximum atomic E-state index is 10.2. The van der Waals surface area contributed by atoms with Crippen molar-refractivity contribution in [2.75, 3.05) is 40.1 Å². The molecule has 5 nitrogen and oxygen atoms in total. The lowest BCUT2D eigenvalue weighted by molar-refractivity contribution is 0.0565. The van der Waals surface area contributed by atoms with Crippen molar-refractivity contribution in [1.29, 1.82) is 0 Å². The largest absolute Gasteiger partial charge is 0.497 e. The van der Waals surface area contributed by atoms with Gasteiger partial charge in [0.25, 0.3) is 0 Å². The van der Waals surface area contributed by atoms with Crippen molar-refractivity contribution in [3.05, 3.63) is 59.7 Å². The van der Waals surface area contributed by atoms with Gasteiger partial charge in [-0.3, -0.25) is 4.90 Å². The number of benzene rings is 2. The second-order valence-electron chi connectivity index (χ2n) is 6.54. The third kappa shape index (κ3) is 5.46. The van der Waals surface area contributed by atoms with Crippen LogP contribution < -0.4 is 9.47 Å². The van der Waals surface area contributed by atoms with Crippen molar-refractivity contribution in [3.8, 4) is 11.5 Å². The fourth-order valence-electron chi connectivity index (χ4n) is 3.09. The van der Waals surface area contributed by atoms with Gasteiger partial charge in [0, 0.05) is 13.1 Å². The molecule has 1 aliphatic rings. The molecule has 1 heterocycles. The number of β-amino-alcohol motifs (C(OH)–C–C–N with tert-alkyl or cyclic N) is 1. The van der Waals surface area contributed by atoms with Crippen LogP contribution in [0.2, 0.25) is 0 Å². The third-order valence-corrected chi connectivity index (χ3v) is 4.52. The SMILES string of the molecule is COc1cccc(CCc2ccccc2OC[C@H](O)CN2CCOC2)c1. The first-order valence-electron chi connectivity index (χ1n) is 9.06. The van der Waals surface area contributed by atoms with Crippen LogP contribution in [0.3, 0.4) is 0 Å². The van der Waals surface area contributed by atoms with Gasteiger partial charge in [0.1, 0.15) is 24.2 Å². The summed E-state index contributed by atoms with van der Waals surface area (Å²) >= 11 is 0. The number of rotatable bonds is 9. The van der Waals surface area contributed by atoms with Gasteiger partial charge in [-0.15, -0.1) is 0 Å². The van der Waals surface area contributed by atoms with Gasteiger partial charge in [-0.2, -0.15) is 0 Å². The average Bonchev–Trinajstić information content (AvgIpc) is 3.18. The lowest BCUT2D eigenvalue weighted by atomic mass is 10.0. The Labute approximate surface area is 155 Å². The zero-order valence-corrected chi connectivity index (χ0v) is 15.3. The van der Waals surface area contributed by atoms with Crippen molar-refractivity contribution in [3.63, 3.8) is 0 Å². The fraction of sp³-hybridized carbons (Fsp3) is 0.429. The molecular weight excluding hydrogens is 330 g/mol. The number of aliphatic hydroxyl groups excluding tert-OH is 1. The molecule has 1 atom stereocenters. The summed E-state index contributed by atoms with van der Waals surface area (Å²) in [6.45, 7) is 3.06. The molecule has 0 aromatic heterocycles. The molecule has 5 heteroatoms. The minimum atomic E-state index is -0.525. The van der Waals surface area contributed by atoms with Gasteiger partial charge in [-0.1, -0.05) is 30.3 Å². The highest BCUT2D eigenvalue weighted by Crippen LogP contribution is 2.21. The molecule has 1 saturated heterocycles. The number of hydrogen-bond donors (Lipinski definition) is 1. The monoisotopic (exact) mass is 357 g/mol. The molecule has 1 N–H and O–H groups in total. The first-order valence-corrected chi connectivity index (χ1v) is 9.06. The van der Waals surface area contributed by atoms with Crippen LogP contribution in [0.1, 0.15) is 11.1 Å². The molecule has 0 unspecified atom stereocenters. The Bertz CT molecular complexity index is 685. The summed E-state index contributed by atoms with van der Waals surface area (Å²) in [6, 6.07) is 16.2. The predicted molar refractivity (Wildman–Crippen MR) is 101 cm³/mol. The first-order chi connectivity index (χ1) is 12.7. The van der Waals surface area contributed by atoms with Crippen molar-refractivity contribution in [1.82, 2.24) is 4.90 Å². The van der Waals surface area contributed by atoms with E-state index >= 15 is 0 Å². The first kappa shape index (κ1) is 18.7. The Hall–Kier alpha value is -2.08. The smallest absolute Gasteiger partial charge is 0.122 e. The number of aliphatic hydroxyl groups is 1. The van der Waals surface area contributed by atoms with E-state index in [2.05, 4.69) is 23.1 Å². The second kappa shape index (κ2) is 9.57. The number of aryl methyl sites for hydroxylation is 2. The zero-order valence-electron chi connectivity index (χ0n) is 15.3. The molecule has 0 saturated carbocycles. The van der Waals surface area contributed by atoms with Crippen LogP contribution >= 0.6 is 0 Å². The molecular formula is C21H27NO4. The summed E-state index contributed by atoms with van der Waals surface area (Å²) in [5.74, 6) is 1.72. The van der Waals surface area contributed by atoms with E-state index in [9.17, 15) is 5.11 Å². The van der Waals surface area contributed by atoms with Gasteiger partial charge >= 0.3 is 0 Å². The minimum Gasteiger partial charge on any atom is -0.497 e. The Morgan fingerprint density at radius 1 is 1.15 bits per heavy atom. The molecule has 0 spiro atoms. The summed E-state index contributed by atoms with van der Waals surface area (Å²) in [5, 5.41) is 10.2. The molecule has 0 bridgehead atoms.